The lowest BCUT2D eigenvalue weighted by atomic mass is 10.2. The molecule has 0 saturated heterocycles. The van der Waals surface area contributed by atoms with Gasteiger partial charge in [-0.1, -0.05) is 48.2 Å². The molecule has 0 unspecified atom stereocenters. The first-order valence-corrected chi connectivity index (χ1v) is 8.72. The van der Waals surface area contributed by atoms with E-state index in [-0.39, 0.29) is 17.5 Å². The molecule has 0 spiro atoms. The van der Waals surface area contributed by atoms with Gasteiger partial charge in [-0.25, -0.2) is 4.39 Å². The second kappa shape index (κ2) is 7.94. The Kier molecular flexibility index (Phi) is 5.45. The molecule has 1 N–H and O–H groups in total. The van der Waals surface area contributed by atoms with E-state index in [0.717, 1.165) is 11.4 Å². The van der Waals surface area contributed by atoms with Gasteiger partial charge >= 0.3 is 0 Å². The van der Waals surface area contributed by atoms with Gasteiger partial charge in [0, 0.05) is 5.69 Å². The Morgan fingerprint density at radius 1 is 1.16 bits per heavy atom. The fourth-order valence-electron chi connectivity index (χ4n) is 2.31. The first-order chi connectivity index (χ1) is 12.1. The average molecular weight is 356 g/mol. The highest BCUT2D eigenvalue weighted by molar-refractivity contribution is 7.99. The van der Waals surface area contributed by atoms with Gasteiger partial charge in [0.1, 0.15) is 11.6 Å². The Labute approximate surface area is 149 Å². The molecule has 0 fully saturated rings. The molecule has 3 rings (SSSR count). The molecule has 0 atom stereocenters. The third kappa shape index (κ3) is 4.67. The number of anilines is 1. The predicted octanol–water partition coefficient (Wildman–Crippen LogP) is 3.50. The number of rotatable bonds is 6. The molecule has 0 radical (unpaired) electrons. The quantitative estimate of drug-likeness (QED) is 0.687. The topological polar surface area (TPSA) is 59.8 Å². The summed E-state index contributed by atoms with van der Waals surface area (Å²) < 4.78 is 15.1. The van der Waals surface area contributed by atoms with Crippen LogP contribution in [-0.2, 0) is 11.3 Å². The van der Waals surface area contributed by atoms with Crippen LogP contribution in [0.25, 0.3) is 0 Å². The Morgan fingerprint density at radius 2 is 1.96 bits per heavy atom. The van der Waals surface area contributed by atoms with Gasteiger partial charge in [0.25, 0.3) is 0 Å². The van der Waals surface area contributed by atoms with E-state index in [4.69, 9.17) is 0 Å². The van der Waals surface area contributed by atoms with Gasteiger partial charge in [-0.05, 0) is 30.7 Å². The molecule has 1 amide bonds. The van der Waals surface area contributed by atoms with Crippen LogP contribution in [0.5, 0.6) is 0 Å². The lowest BCUT2D eigenvalue weighted by Gasteiger charge is -2.09. The van der Waals surface area contributed by atoms with Crippen LogP contribution >= 0.6 is 11.8 Å². The van der Waals surface area contributed by atoms with Crippen molar-refractivity contribution >= 4 is 23.4 Å². The minimum Gasteiger partial charge on any atom is -0.325 e. The Hall–Kier alpha value is -2.67. The summed E-state index contributed by atoms with van der Waals surface area (Å²) in [7, 11) is 0. The van der Waals surface area contributed by atoms with E-state index in [1.54, 1.807) is 12.1 Å². The Balaban J connectivity index is 1.62. The van der Waals surface area contributed by atoms with E-state index in [1.165, 1.54) is 23.9 Å². The summed E-state index contributed by atoms with van der Waals surface area (Å²) in [6.45, 7) is 2.53. The summed E-state index contributed by atoms with van der Waals surface area (Å²) >= 11 is 1.30. The number of benzene rings is 2. The van der Waals surface area contributed by atoms with Crippen LogP contribution in [0, 0.1) is 12.7 Å². The SMILES string of the molecule is Cc1nnc(SCC(=O)Nc2cccc(F)c2)n1Cc1ccccc1. The van der Waals surface area contributed by atoms with Crippen molar-refractivity contribution in [1.82, 2.24) is 14.8 Å². The Bertz CT molecular complexity index is 867. The summed E-state index contributed by atoms with van der Waals surface area (Å²) in [5.41, 5.74) is 1.57. The van der Waals surface area contributed by atoms with Gasteiger partial charge in [-0.15, -0.1) is 10.2 Å². The summed E-state index contributed by atoms with van der Waals surface area (Å²) in [4.78, 5) is 12.1. The molecule has 7 heteroatoms. The third-order valence-electron chi connectivity index (χ3n) is 3.53. The number of nitrogens with zero attached hydrogens (tertiary/aromatic N) is 3. The first-order valence-electron chi connectivity index (χ1n) is 7.74. The first kappa shape index (κ1) is 17.2. The van der Waals surface area contributed by atoms with Crippen LogP contribution < -0.4 is 5.32 Å². The molecule has 0 bridgehead atoms. The molecule has 0 aliphatic rings. The second-order valence-electron chi connectivity index (χ2n) is 5.45. The number of aryl methyl sites for hydroxylation is 1. The number of carbonyl (C=O) groups is 1. The monoisotopic (exact) mass is 356 g/mol. The van der Waals surface area contributed by atoms with E-state index in [2.05, 4.69) is 15.5 Å². The maximum absolute atomic E-state index is 13.2. The van der Waals surface area contributed by atoms with Crippen molar-refractivity contribution in [2.75, 3.05) is 11.1 Å². The number of nitrogens with one attached hydrogen (secondary N) is 1. The van der Waals surface area contributed by atoms with Crippen molar-refractivity contribution in [2.24, 2.45) is 0 Å². The Morgan fingerprint density at radius 3 is 2.72 bits per heavy atom. The molecule has 0 saturated carbocycles. The number of halogens is 1. The smallest absolute Gasteiger partial charge is 0.234 e. The van der Waals surface area contributed by atoms with Gasteiger partial charge in [0.05, 0.1) is 12.3 Å². The molecule has 0 aliphatic heterocycles. The van der Waals surface area contributed by atoms with Gasteiger partial charge in [0.2, 0.25) is 5.91 Å². The fraction of sp³-hybridized carbons (Fsp3) is 0.167. The highest BCUT2D eigenvalue weighted by Gasteiger charge is 2.12. The van der Waals surface area contributed by atoms with Crippen molar-refractivity contribution in [3.8, 4) is 0 Å². The zero-order valence-corrected chi connectivity index (χ0v) is 14.5. The zero-order chi connectivity index (χ0) is 17.6. The molecule has 0 aliphatic carbocycles. The van der Waals surface area contributed by atoms with Crippen molar-refractivity contribution in [1.29, 1.82) is 0 Å². The maximum atomic E-state index is 13.2. The highest BCUT2D eigenvalue weighted by Crippen LogP contribution is 2.19. The number of hydrogen-bond donors (Lipinski definition) is 1. The molecule has 1 heterocycles. The van der Waals surface area contributed by atoms with E-state index < -0.39 is 0 Å². The minimum atomic E-state index is -0.385. The number of amides is 1. The number of thioether (sulfide) groups is 1. The van der Waals surface area contributed by atoms with Crippen LogP contribution in [-0.4, -0.2) is 26.4 Å². The zero-order valence-electron chi connectivity index (χ0n) is 13.6. The number of aromatic nitrogens is 3. The molecular formula is C18H17FN4OS. The van der Waals surface area contributed by atoms with Crippen LogP contribution in [0.3, 0.4) is 0 Å². The van der Waals surface area contributed by atoms with Gasteiger partial charge < -0.3 is 9.88 Å². The van der Waals surface area contributed by atoms with Crippen molar-refractivity contribution in [3.05, 3.63) is 71.8 Å². The van der Waals surface area contributed by atoms with Crippen LogP contribution in [0.1, 0.15) is 11.4 Å². The average Bonchev–Trinajstić information content (AvgIpc) is 2.94. The van der Waals surface area contributed by atoms with E-state index in [0.29, 0.717) is 17.4 Å². The van der Waals surface area contributed by atoms with E-state index >= 15 is 0 Å². The summed E-state index contributed by atoms with van der Waals surface area (Å²) in [6, 6.07) is 15.8. The summed E-state index contributed by atoms with van der Waals surface area (Å²) in [5.74, 6) is 0.353. The predicted molar refractivity (Wildman–Crippen MR) is 96.1 cm³/mol. The number of hydrogen-bond acceptors (Lipinski definition) is 4. The molecule has 2 aromatic carbocycles. The highest BCUT2D eigenvalue weighted by atomic mass is 32.2. The largest absolute Gasteiger partial charge is 0.325 e. The van der Waals surface area contributed by atoms with Crippen LogP contribution in [0.2, 0.25) is 0 Å². The molecule has 128 valence electrons. The summed E-state index contributed by atoms with van der Waals surface area (Å²) in [5, 5.41) is 11.6. The number of carbonyl (C=O) groups excluding carboxylic acids is 1. The molecule has 25 heavy (non-hydrogen) atoms. The molecular weight excluding hydrogens is 339 g/mol. The van der Waals surface area contributed by atoms with Gasteiger partial charge in [-0.2, -0.15) is 0 Å². The van der Waals surface area contributed by atoms with Crippen LogP contribution in [0.4, 0.5) is 10.1 Å². The lowest BCUT2D eigenvalue weighted by Crippen LogP contribution is -2.15. The summed E-state index contributed by atoms with van der Waals surface area (Å²) in [6.07, 6.45) is 0. The minimum absolute atomic E-state index is 0.170. The third-order valence-corrected chi connectivity index (χ3v) is 4.49. The van der Waals surface area contributed by atoms with Crippen LogP contribution in [0.15, 0.2) is 59.8 Å². The standard InChI is InChI=1S/C18H17FN4OS/c1-13-21-22-18(23(13)11-14-6-3-2-4-7-14)25-12-17(24)20-16-9-5-8-15(19)10-16/h2-10H,11-12H2,1H3,(H,20,24). The second-order valence-corrected chi connectivity index (χ2v) is 6.39. The lowest BCUT2D eigenvalue weighted by molar-refractivity contribution is -0.113. The van der Waals surface area contributed by atoms with E-state index in [9.17, 15) is 9.18 Å². The molecule has 1 aromatic heterocycles. The maximum Gasteiger partial charge on any atom is 0.234 e. The fourth-order valence-corrected chi connectivity index (χ4v) is 3.09. The van der Waals surface area contributed by atoms with Gasteiger partial charge in [0.15, 0.2) is 5.16 Å². The molecule has 3 aromatic rings. The van der Waals surface area contributed by atoms with Crippen molar-refractivity contribution in [3.63, 3.8) is 0 Å². The van der Waals surface area contributed by atoms with E-state index in [1.807, 2.05) is 41.8 Å². The van der Waals surface area contributed by atoms with Crippen molar-refractivity contribution in [2.45, 2.75) is 18.6 Å². The normalized spacial score (nSPS) is 10.6. The van der Waals surface area contributed by atoms with Crippen molar-refractivity contribution < 1.29 is 9.18 Å². The van der Waals surface area contributed by atoms with Gasteiger partial charge in [-0.3, -0.25) is 4.79 Å². The molecule has 5 nitrogen and oxygen atoms in total.